The van der Waals surface area contributed by atoms with Gasteiger partial charge in [0.1, 0.15) is 0 Å². The zero-order chi connectivity index (χ0) is 29.6. The number of hydrogen-bond acceptors (Lipinski definition) is 3. The number of rotatable bonds is 7. The zero-order valence-corrected chi connectivity index (χ0v) is 25.0. The van der Waals surface area contributed by atoms with Gasteiger partial charge in [-0.25, -0.2) is 0 Å². The number of nitrogens with zero attached hydrogens (tertiary/aromatic N) is 2. The van der Waals surface area contributed by atoms with Crippen molar-refractivity contribution >= 4 is 23.2 Å². The number of amides is 2. The van der Waals surface area contributed by atoms with Gasteiger partial charge in [-0.1, -0.05) is 79.7 Å². The Morgan fingerprint density at radius 2 is 1.35 bits per heavy atom. The fourth-order valence-electron chi connectivity index (χ4n) is 6.42. The Morgan fingerprint density at radius 1 is 0.721 bits per heavy atom. The first-order valence-electron chi connectivity index (χ1n) is 15.7. The Hall–Kier alpha value is -4.38. The standard InChI is InChI=1S/C38H41N3O2/c1-28-18-22-41(23-19-28)38(43)35-27-34(39-37(42)33-14-12-32(13-15-33)31-10-6-3-7-11-31)16-17-36(35)40-24-20-30(21-25-40)26-29-8-4-2-5-9-29/h2-17,27-28,30H,18-26H2,1H3,(H,39,42). The summed E-state index contributed by atoms with van der Waals surface area (Å²) in [5, 5.41) is 3.06. The van der Waals surface area contributed by atoms with E-state index in [2.05, 4.69) is 59.6 Å². The van der Waals surface area contributed by atoms with Gasteiger partial charge in [0.2, 0.25) is 0 Å². The summed E-state index contributed by atoms with van der Waals surface area (Å²) < 4.78 is 0. The summed E-state index contributed by atoms with van der Waals surface area (Å²) in [6.45, 7) is 5.67. The van der Waals surface area contributed by atoms with Gasteiger partial charge in [-0.15, -0.1) is 0 Å². The lowest BCUT2D eigenvalue weighted by Crippen LogP contribution is -2.40. The zero-order valence-electron chi connectivity index (χ0n) is 25.0. The van der Waals surface area contributed by atoms with E-state index in [1.165, 1.54) is 5.56 Å². The van der Waals surface area contributed by atoms with Crippen LogP contribution in [0.15, 0.2) is 103 Å². The van der Waals surface area contributed by atoms with Crippen molar-refractivity contribution in [1.29, 1.82) is 0 Å². The maximum absolute atomic E-state index is 13.9. The van der Waals surface area contributed by atoms with Crippen molar-refractivity contribution in [2.24, 2.45) is 11.8 Å². The van der Waals surface area contributed by atoms with Crippen LogP contribution < -0.4 is 10.2 Å². The van der Waals surface area contributed by atoms with E-state index in [4.69, 9.17) is 0 Å². The van der Waals surface area contributed by atoms with Crippen LogP contribution in [-0.2, 0) is 6.42 Å². The smallest absolute Gasteiger partial charge is 0.256 e. The molecule has 0 bridgehead atoms. The lowest BCUT2D eigenvalue weighted by atomic mass is 9.89. The first-order valence-corrected chi connectivity index (χ1v) is 15.7. The average Bonchev–Trinajstić information content (AvgIpc) is 3.06. The Morgan fingerprint density at radius 3 is 2.02 bits per heavy atom. The van der Waals surface area contributed by atoms with Crippen molar-refractivity contribution in [2.45, 2.75) is 39.0 Å². The van der Waals surface area contributed by atoms with Crippen molar-refractivity contribution in [1.82, 2.24) is 4.90 Å². The van der Waals surface area contributed by atoms with E-state index in [-0.39, 0.29) is 11.8 Å². The molecule has 1 N–H and O–H groups in total. The second-order valence-electron chi connectivity index (χ2n) is 12.2. The number of carbonyl (C=O) groups is 2. The van der Waals surface area contributed by atoms with Gasteiger partial charge in [0.25, 0.3) is 11.8 Å². The van der Waals surface area contributed by atoms with Gasteiger partial charge in [-0.2, -0.15) is 0 Å². The van der Waals surface area contributed by atoms with Crippen LogP contribution in [0.4, 0.5) is 11.4 Å². The highest BCUT2D eigenvalue weighted by atomic mass is 16.2. The molecule has 0 radical (unpaired) electrons. The maximum atomic E-state index is 13.9. The largest absolute Gasteiger partial charge is 0.371 e. The van der Waals surface area contributed by atoms with E-state index in [9.17, 15) is 9.59 Å². The first kappa shape index (κ1) is 28.7. The summed E-state index contributed by atoms with van der Waals surface area (Å²) >= 11 is 0. The number of carbonyl (C=O) groups excluding carboxylic acids is 2. The number of benzene rings is 4. The van der Waals surface area contributed by atoms with Crippen LogP contribution in [0.2, 0.25) is 0 Å². The molecule has 2 aliphatic rings. The summed E-state index contributed by atoms with van der Waals surface area (Å²) in [6.07, 6.45) is 5.36. The van der Waals surface area contributed by atoms with Crippen LogP contribution in [0.5, 0.6) is 0 Å². The minimum atomic E-state index is -0.181. The van der Waals surface area contributed by atoms with Gasteiger partial charge >= 0.3 is 0 Å². The molecule has 0 spiro atoms. The van der Waals surface area contributed by atoms with E-state index in [1.54, 1.807) is 0 Å². The molecular weight excluding hydrogens is 530 g/mol. The molecule has 43 heavy (non-hydrogen) atoms. The van der Waals surface area contributed by atoms with Gasteiger partial charge in [0, 0.05) is 43.1 Å². The molecule has 6 rings (SSSR count). The van der Waals surface area contributed by atoms with Crippen molar-refractivity contribution in [3.05, 3.63) is 120 Å². The number of piperidine rings is 2. The van der Waals surface area contributed by atoms with Gasteiger partial charge in [-0.3, -0.25) is 9.59 Å². The molecule has 2 saturated heterocycles. The molecular formula is C38H41N3O2. The van der Waals surface area contributed by atoms with Crippen LogP contribution in [0.3, 0.4) is 0 Å². The van der Waals surface area contributed by atoms with Crippen molar-refractivity contribution < 1.29 is 9.59 Å². The van der Waals surface area contributed by atoms with Crippen LogP contribution in [-0.4, -0.2) is 42.9 Å². The van der Waals surface area contributed by atoms with E-state index in [1.807, 2.05) is 65.6 Å². The van der Waals surface area contributed by atoms with Crippen molar-refractivity contribution in [3.63, 3.8) is 0 Å². The highest BCUT2D eigenvalue weighted by Crippen LogP contribution is 2.32. The third kappa shape index (κ3) is 6.99. The van der Waals surface area contributed by atoms with Gasteiger partial charge in [-0.05, 0) is 91.0 Å². The second kappa shape index (κ2) is 13.3. The van der Waals surface area contributed by atoms with Gasteiger partial charge < -0.3 is 15.1 Å². The Labute approximate surface area is 255 Å². The SMILES string of the molecule is CC1CCN(C(=O)c2cc(NC(=O)c3ccc(-c4ccccc4)cc3)ccc2N2CCC(Cc3ccccc3)CC2)CC1. The number of likely N-dealkylation sites (tertiary alicyclic amines) is 1. The third-order valence-corrected chi connectivity index (χ3v) is 9.13. The predicted molar refractivity (Wildman–Crippen MR) is 176 cm³/mol. The number of nitrogens with one attached hydrogen (secondary N) is 1. The number of anilines is 2. The third-order valence-electron chi connectivity index (χ3n) is 9.13. The Bertz CT molecular complexity index is 1520. The molecule has 2 fully saturated rings. The highest BCUT2D eigenvalue weighted by molar-refractivity contribution is 6.06. The molecule has 2 heterocycles. The molecule has 5 heteroatoms. The van der Waals surface area contributed by atoms with Crippen LogP contribution in [0.1, 0.15) is 58.9 Å². The number of hydrogen-bond donors (Lipinski definition) is 1. The monoisotopic (exact) mass is 571 g/mol. The molecule has 0 aromatic heterocycles. The normalized spacial score (nSPS) is 16.2. The Kier molecular flexibility index (Phi) is 8.88. The summed E-state index contributed by atoms with van der Waals surface area (Å²) in [5.41, 5.74) is 6.48. The first-order chi connectivity index (χ1) is 21.0. The van der Waals surface area contributed by atoms with Crippen LogP contribution in [0, 0.1) is 11.8 Å². The predicted octanol–water partition coefficient (Wildman–Crippen LogP) is 7.94. The summed E-state index contributed by atoms with van der Waals surface area (Å²) in [7, 11) is 0. The van der Waals surface area contributed by atoms with Gasteiger partial charge in [0.15, 0.2) is 0 Å². The lowest BCUT2D eigenvalue weighted by molar-refractivity contribution is 0.0697. The summed E-state index contributed by atoms with van der Waals surface area (Å²) in [6, 6.07) is 34.4. The average molecular weight is 572 g/mol. The quantitative estimate of drug-likeness (QED) is 0.245. The van der Waals surface area contributed by atoms with E-state index in [0.717, 1.165) is 75.1 Å². The molecule has 2 amide bonds. The van der Waals surface area contributed by atoms with Crippen molar-refractivity contribution in [3.8, 4) is 11.1 Å². The fraction of sp³-hybridized carbons (Fsp3) is 0.316. The topological polar surface area (TPSA) is 52.7 Å². The van der Waals surface area contributed by atoms with E-state index >= 15 is 0 Å². The van der Waals surface area contributed by atoms with Crippen molar-refractivity contribution in [2.75, 3.05) is 36.4 Å². The molecule has 4 aromatic carbocycles. The molecule has 0 unspecified atom stereocenters. The Balaban J connectivity index is 1.19. The molecule has 2 aliphatic heterocycles. The fourth-order valence-corrected chi connectivity index (χ4v) is 6.42. The molecule has 0 atom stereocenters. The second-order valence-corrected chi connectivity index (χ2v) is 12.2. The maximum Gasteiger partial charge on any atom is 0.256 e. The lowest BCUT2D eigenvalue weighted by Gasteiger charge is -2.36. The highest BCUT2D eigenvalue weighted by Gasteiger charge is 2.28. The minimum Gasteiger partial charge on any atom is -0.371 e. The summed E-state index contributed by atoms with van der Waals surface area (Å²) in [5.74, 6) is 1.18. The summed E-state index contributed by atoms with van der Waals surface area (Å²) in [4.78, 5) is 31.5. The van der Waals surface area contributed by atoms with E-state index in [0.29, 0.717) is 28.7 Å². The molecule has 220 valence electrons. The molecule has 0 aliphatic carbocycles. The molecule has 5 nitrogen and oxygen atoms in total. The molecule has 0 saturated carbocycles. The van der Waals surface area contributed by atoms with Crippen LogP contribution in [0.25, 0.3) is 11.1 Å². The molecule has 4 aromatic rings. The van der Waals surface area contributed by atoms with E-state index < -0.39 is 0 Å². The van der Waals surface area contributed by atoms with Crippen LogP contribution >= 0.6 is 0 Å². The van der Waals surface area contributed by atoms with Gasteiger partial charge in [0.05, 0.1) is 5.56 Å². The minimum absolute atomic E-state index is 0.0663.